The van der Waals surface area contributed by atoms with E-state index in [2.05, 4.69) is 4.79 Å². The van der Waals surface area contributed by atoms with Crippen LogP contribution in [0.5, 0.6) is 0 Å². The highest BCUT2D eigenvalue weighted by Crippen LogP contribution is 2.26. The van der Waals surface area contributed by atoms with Crippen LogP contribution in [0.3, 0.4) is 0 Å². The molecule has 0 unspecified atom stereocenters. The maximum atomic E-state index is 13.0. The van der Waals surface area contributed by atoms with Crippen LogP contribution < -0.4 is 0 Å². The monoisotopic (exact) mass is 406 g/mol. The first-order valence-electron chi connectivity index (χ1n) is 8.22. The topological polar surface area (TPSA) is 105 Å². The Morgan fingerprint density at radius 2 is 0.926 bits per heavy atom. The van der Waals surface area contributed by atoms with E-state index < -0.39 is 24.1 Å². The summed E-state index contributed by atoms with van der Waals surface area (Å²) in [6, 6.07) is 5.52. The molecule has 0 atom stereocenters. The molecule has 0 saturated carbocycles. The van der Waals surface area contributed by atoms with Gasteiger partial charge in [-0.3, -0.25) is 0 Å². The summed E-state index contributed by atoms with van der Waals surface area (Å²) in [5.74, 6) is 0. The van der Waals surface area contributed by atoms with Crippen molar-refractivity contribution in [1.82, 2.24) is 0 Å². The highest BCUT2D eigenvalue weighted by Gasteiger charge is 2.44. The molecule has 0 bridgehead atoms. The van der Waals surface area contributed by atoms with Gasteiger partial charge in [0.15, 0.2) is 0 Å². The third kappa shape index (κ3) is 3.60. The summed E-state index contributed by atoms with van der Waals surface area (Å²) in [6.07, 6.45) is 0. The lowest BCUT2D eigenvalue weighted by atomic mass is 10.1. The van der Waals surface area contributed by atoms with Crippen molar-refractivity contribution in [2.75, 3.05) is 0 Å². The van der Waals surface area contributed by atoms with E-state index in [4.69, 9.17) is 0 Å². The molecule has 144 valence electrons. The van der Waals surface area contributed by atoms with Crippen molar-refractivity contribution in [1.29, 1.82) is 0 Å². The van der Waals surface area contributed by atoms with Crippen LogP contribution in [0.4, 0.5) is 0 Å². The summed E-state index contributed by atoms with van der Waals surface area (Å²) < 4.78 is 50.6. The lowest BCUT2D eigenvalue weighted by Gasteiger charge is -2.10. The zero-order chi connectivity index (χ0) is 20.7. The molecular formula is C19H22N2O4S2. The fourth-order valence-corrected chi connectivity index (χ4v) is 6.43. The summed E-state index contributed by atoms with van der Waals surface area (Å²) in [5.41, 5.74) is 13.9. The largest absolute Gasteiger partial charge is 0.504 e. The van der Waals surface area contributed by atoms with E-state index in [1.807, 2.05) is 13.8 Å². The highest BCUT2D eigenvalue weighted by atomic mass is 32.3. The molecule has 2 aromatic carbocycles. The van der Waals surface area contributed by atoms with Gasteiger partial charge in [-0.15, -0.1) is 4.79 Å². The minimum atomic E-state index is -4.54. The molecule has 8 heteroatoms. The molecule has 0 N–H and O–H groups in total. The van der Waals surface area contributed by atoms with Crippen LogP contribution >= 0.6 is 0 Å². The Bertz CT molecular complexity index is 1070. The number of hydrogen-bond acceptors (Lipinski definition) is 4. The van der Waals surface area contributed by atoms with Gasteiger partial charge in [-0.2, -0.15) is 0 Å². The van der Waals surface area contributed by atoms with E-state index in [1.165, 1.54) is 24.3 Å². The van der Waals surface area contributed by atoms with Crippen LogP contribution in [0.15, 0.2) is 34.1 Å². The summed E-state index contributed by atoms with van der Waals surface area (Å²) in [5, 5.41) is 0. The molecule has 27 heavy (non-hydrogen) atoms. The number of rotatable bonds is 2. The molecule has 6 nitrogen and oxygen atoms in total. The second-order valence-corrected chi connectivity index (χ2v) is 10.7. The third-order valence-corrected chi connectivity index (χ3v) is 9.08. The van der Waals surface area contributed by atoms with E-state index in [-0.39, 0.29) is 9.79 Å². The van der Waals surface area contributed by atoms with Crippen molar-refractivity contribution in [3.63, 3.8) is 0 Å². The maximum Gasteiger partial charge on any atom is 0.504 e. The SMILES string of the molecule is Cc1cc(S(=O)(=O)C(=[N+]=[N-])S(=O)(=O)c2cc(C)c(C)c(C)c2)cc(C)c1C. The standard InChI is InChI=1S/C19H22N2O4S2/c1-11-7-17(8-12(2)15(11)5)26(22,23)19(21-20)27(24,25)18-9-13(3)16(6)14(4)10-18/h7-10H,1-6H3. The van der Waals surface area contributed by atoms with Gasteiger partial charge in [0.25, 0.3) is 19.7 Å². The molecule has 0 aliphatic heterocycles. The fraction of sp³-hybridized carbons (Fsp3) is 0.316. The normalized spacial score (nSPS) is 11.9. The minimum absolute atomic E-state index is 0.222. The summed E-state index contributed by atoms with van der Waals surface area (Å²) in [7, 11) is -9.09. The van der Waals surface area contributed by atoms with E-state index in [0.29, 0.717) is 22.3 Å². The van der Waals surface area contributed by atoms with Crippen molar-refractivity contribution in [3.05, 3.63) is 63.2 Å². The van der Waals surface area contributed by atoms with Gasteiger partial charge in [-0.1, -0.05) is 0 Å². The number of benzene rings is 2. The molecule has 0 amide bonds. The number of hydrogen-bond donors (Lipinski definition) is 0. The van der Waals surface area contributed by atoms with Gasteiger partial charge in [-0.05, 0) is 99.2 Å². The molecule has 0 heterocycles. The van der Waals surface area contributed by atoms with Crippen LogP contribution in [0, 0.1) is 41.5 Å². The van der Waals surface area contributed by atoms with E-state index in [1.54, 1.807) is 27.7 Å². The molecule has 0 fully saturated rings. The van der Waals surface area contributed by atoms with Gasteiger partial charge in [-0.25, -0.2) is 16.8 Å². The van der Waals surface area contributed by atoms with Gasteiger partial charge < -0.3 is 5.53 Å². The van der Waals surface area contributed by atoms with Crippen LogP contribution in [0.25, 0.3) is 5.53 Å². The molecular weight excluding hydrogens is 384 g/mol. The Hall–Kier alpha value is -2.28. The lowest BCUT2D eigenvalue weighted by Crippen LogP contribution is -2.26. The fourth-order valence-electron chi connectivity index (χ4n) is 2.76. The van der Waals surface area contributed by atoms with Crippen LogP contribution in [-0.2, 0) is 19.7 Å². The van der Waals surface area contributed by atoms with Gasteiger partial charge in [0.1, 0.15) is 0 Å². The van der Waals surface area contributed by atoms with Crippen LogP contribution in [0.1, 0.15) is 33.4 Å². The van der Waals surface area contributed by atoms with Crippen molar-refractivity contribution < 1.29 is 21.6 Å². The number of nitrogens with zero attached hydrogens (tertiary/aromatic N) is 2. The van der Waals surface area contributed by atoms with Crippen molar-refractivity contribution >= 4 is 24.1 Å². The summed E-state index contributed by atoms with van der Waals surface area (Å²) in [4.78, 5) is 2.24. The lowest BCUT2D eigenvalue weighted by molar-refractivity contribution is 0.00380. The summed E-state index contributed by atoms with van der Waals surface area (Å²) in [6.45, 7) is 10.6. The Morgan fingerprint density at radius 1 is 0.667 bits per heavy atom. The van der Waals surface area contributed by atoms with Gasteiger partial charge in [0.2, 0.25) is 0 Å². The average Bonchev–Trinajstić information content (AvgIpc) is 2.56. The predicted octanol–water partition coefficient (Wildman–Crippen LogP) is 3.37. The molecule has 0 aliphatic carbocycles. The molecule has 0 aliphatic rings. The van der Waals surface area contributed by atoms with Gasteiger partial charge in [0, 0.05) is 0 Å². The first-order chi connectivity index (χ1) is 12.3. The Morgan fingerprint density at radius 3 is 1.15 bits per heavy atom. The first kappa shape index (κ1) is 21.0. The molecule has 0 aromatic heterocycles. The molecule has 0 saturated heterocycles. The van der Waals surface area contributed by atoms with Crippen molar-refractivity contribution in [2.45, 2.75) is 51.3 Å². The molecule has 0 spiro atoms. The summed E-state index contributed by atoms with van der Waals surface area (Å²) >= 11 is 0. The number of aryl methyl sites for hydroxylation is 4. The Balaban J connectivity index is 2.74. The zero-order valence-corrected chi connectivity index (χ0v) is 17.8. The van der Waals surface area contributed by atoms with Crippen molar-refractivity contribution in [2.24, 2.45) is 0 Å². The quantitative estimate of drug-likeness (QED) is 0.330. The van der Waals surface area contributed by atoms with Crippen molar-refractivity contribution in [3.8, 4) is 0 Å². The van der Waals surface area contributed by atoms with E-state index >= 15 is 0 Å². The molecule has 0 radical (unpaired) electrons. The molecule has 2 rings (SSSR count). The Labute approximate surface area is 160 Å². The zero-order valence-electron chi connectivity index (χ0n) is 16.2. The van der Waals surface area contributed by atoms with Gasteiger partial charge >= 0.3 is 4.38 Å². The first-order valence-corrected chi connectivity index (χ1v) is 11.2. The second kappa shape index (κ2) is 7.03. The smallest absolute Gasteiger partial charge is 0.359 e. The van der Waals surface area contributed by atoms with Crippen LogP contribution in [-0.4, -0.2) is 26.0 Å². The second-order valence-electron chi connectivity index (χ2n) is 6.74. The van der Waals surface area contributed by atoms with Crippen LogP contribution in [0.2, 0.25) is 0 Å². The highest BCUT2D eigenvalue weighted by molar-refractivity contribution is 8.31. The third-order valence-electron chi connectivity index (χ3n) is 4.96. The van der Waals surface area contributed by atoms with Gasteiger partial charge in [0.05, 0.1) is 9.79 Å². The average molecular weight is 407 g/mol. The molecule has 2 aromatic rings. The predicted molar refractivity (Wildman–Crippen MR) is 104 cm³/mol. The number of sulfone groups is 2. The van der Waals surface area contributed by atoms with E-state index in [9.17, 15) is 22.4 Å². The Kier molecular flexibility index (Phi) is 5.48. The minimum Gasteiger partial charge on any atom is -0.359 e. The van der Waals surface area contributed by atoms with E-state index in [0.717, 1.165) is 11.1 Å². The maximum absolute atomic E-state index is 13.0.